The second-order valence-corrected chi connectivity index (χ2v) is 7.37. The van der Waals surface area contributed by atoms with Crippen LogP contribution in [0.1, 0.15) is 20.8 Å². The molecule has 1 aromatic carbocycles. The normalized spacial score (nSPS) is 12.0. The number of ether oxygens (including phenoxy) is 1. The second kappa shape index (κ2) is 6.23. The predicted molar refractivity (Wildman–Crippen MR) is 77.4 cm³/mol. The van der Waals surface area contributed by atoms with E-state index in [-0.39, 0.29) is 17.2 Å². The van der Waals surface area contributed by atoms with Crippen LogP contribution in [0.5, 0.6) is 0 Å². The lowest BCUT2D eigenvalue weighted by atomic mass is 10.2. The van der Waals surface area contributed by atoms with Crippen molar-refractivity contribution < 1.29 is 17.9 Å². The molecular formula is C13H20N2O4S. The van der Waals surface area contributed by atoms with Crippen LogP contribution in [-0.4, -0.2) is 32.4 Å². The minimum atomic E-state index is -3.35. The number of sulfone groups is 1. The van der Waals surface area contributed by atoms with Gasteiger partial charge in [-0.15, -0.1) is 0 Å². The third-order valence-electron chi connectivity index (χ3n) is 2.25. The van der Waals surface area contributed by atoms with Crippen molar-refractivity contribution in [2.24, 2.45) is 5.73 Å². The number of amides is 1. The molecule has 0 aromatic heterocycles. The SMILES string of the molecule is CC(C)(C)OC(=O)Nc1ccc(S(=O)(=O)CCN)cc1. The maximum Gasteiger partial charge on any atom is 0.412 e. The standard InChI is InChI=1S/C13H20N2O4S/c1-13(2,3)19-12(16)15-10-4-6-11(7-5-10)20(17,18)9-8-14/h4-7H,8-9,14H2,1-3H3,(H,15,16). The Kier molecular flexibility index (Phi) is 5.13. The highest BCUT2D eigenvalue weighted by molar-refractivity contribution is 7.91. The minimum Gasteiger partial charge on any atom is -0.444 e. The van der Waals surface area contributed by atoms with Crippen molar-refractivity contribution in [3.8, 4) is 0 Å². The molecule has 0 spiro atoms. The van der Waals surface area contributed by atoms with Crippen molar-refractivity contribution >= 4 is 21.6 Å². The molecule has 0 fully saturated rings. The van der Waals surface area contributed by atoms with Crippen LogP contribution >= 0.6 is 0 Å². The lowest BCUT2D eigenvalue weighted by Crippen LogP contribution is -2.27. The van der Waals surface area contributed by atoms with Crippen LogP contribution in [0.4, 0.5) is 10.5 Å². The van der Waals surface area contributed by atoms with E-state index in [1.165, 1.54) is 24.3 Å². The number of hydrogen-bond acceptors (Lipinski definition) is 5. The Bertz CT molecular complexity index is 559. The molecule has 6 nitrogen and oxygen atoms in total. The molecular weight excluding hydrogens is 280 g/mol. The lowest BCUT2D eigenvalue weighted by Gasteiger charge is -2.19. The van der Waals surface area contributed by atoms with Crippen molar-refractivity contribution in [3.05, 3.63) is 24.3 Å². The Morgan fingerprint density at radius 1 is 1.25 bits per heavy atom. The van der Waals surface area contributed by atoms with Crippen LogP contribution in [0.2, 0.25) is 0 Å². The zero-order valence-electron chi connectivity index (χ0n) is 11.8. The van der Waals surface area contributed by atoms with Crippen molar-refractivity contribution in [3.63, 3.8) is 0 Å². The van der Waals surface area contributed by atoms with Gasteiger partial charge in [0.05, 0.1) is 10.6 Å². The number of carbonyl (C=O) groups is 1. The maximum atomic E-state index is 11.8. The van der Waals surface area contributed by atoms with Crippen LogP contribution in [-0.2, 0) is 14.6 Å². The minimum absolute atomic E-state index is 0.0697. The summed E-state index contributed by atoms with van der Waals surface area (Å²) in [6.07, 6.45) is -0.588. The van der Waals surface area contributed by atoms with Crippen molar-refractivity contribution in [2.75, 3.05) is 17.6 Å². The zero-order valence-corrected chi connectivity index (χ0v) is 12.7. The Hall–Kier alpha value is -1.60. The van der Waals surface area contributed by atoms with E-state index >= 15 is 0 Å². The van der Waals surface area contributed by atoms with Gasteiger partial charge in [-0.3, -0.25) is 5.32 Å². The first-order valence-corrected chi connectivity index (χ1v) is 7.82. The van der Waals surface area contributed by atoms with E-state index in [1.807, 2.05) is 0 Å². The van der Waals surface area contributed by atoms with E-state index in [1.54, 1.807) is 20.8 Å². The van der Waals surface area contributed by atoms with E-state index in [0.29, 0.717) is 5.69 Å². The summed E-state index contributed by atoms with van der Waals surface area (Å²) in [5.41, 5.74) is 5.13. The van der Waals surface area contributed by atoms with Gasteiger partial charge in [0.25, 0.3) is 0 Å². The molecule has 1 rings (SSSR count). The van der Waals surface area contributed by atoms with Crippen molar-refractivity contribution in [1.29, 1.82) is 0 Å². The van der Waals surface area contributed by atoms with Gasteiger partial charge in [0, 0.05) is 12.2 Å². The third kappa shape index (κ3) is 5.18. The van der Waals surface area contributed by atoms with Crippen molar-refractivity contribution in [2.45, 2.75) is 31.3 Å². The quantitative estimate of drug-likeness (QED) is 0.883. The molecule has 112 valence electrons. The highest BCUT2D eigenvalue weighted by Crippen LogP contribution is 2.16. The average Bonchev–Trinajstić information content (AvgIpc) is 2.26. The number of carbonyl (C=O) groups excluding carboxylic acids is 1. The molecule has 0 unspecified atom stereocenters. The summed E-state index contributed by atoms with van der Waals surface area (Å²) >= 11 is 0. The molecule has 1 amide bonds. The first-order chi connectivity index (χ1) is 9.14. The van der Waals surface area contributed by atoms with E-state index in [9.17, 15) is 13.2 Å². The summed E-state index contributed by atoms with van der Waals surface area (Å²) in [6, 6.07) is 5.87. The van der Waals surface area contributed by atoms with Crippen LogP contribution in [0, 0.1) is 0 Å². The molecule has 0 saturated carbocycles. The molecule has 20 heavy (non-hydrogen) atoms. The Labute approximate surface area is 119 Å². The van der Waals surface area contributed by atoms with Crippen LogP contribution < -0.4 is 11.1 Å². The van der Waals surface area contributed by atoms with E-state index < -0.39 is 21.5 Å². The van der Waals surface area contributed by atoms with Crippen LogP contribution in [0.3, 0.4) is 0 Å². The maximum absolute atomic E-state index is 11.8. The number of benzene rings is 1. The van der Waals surface area contributed by atoms with Gasteiger partial charge < -0.3 is 10.5 Å². The number of anilines is 1. The van der Waals surface area contributed by atoms with Gasteiger partial charge in [0.2, 0.25) is 0 Å². The molecule has 1 aromatic rings. The highest BCUT2D eigenvalue weighted by Gasteiger charge is 2.17. The van der Waals surface area contributed by atoms with E-state index in [2.05, 4.69) is 5.32 Å². The predicted octanol–water partition coefficient (Wildman–Crippen LogP) is 1.77. The van der Waals surface area contributed by atoms with Gasteiger partial charge in [-0.2, -0.15) is 0 Å². The molecule has 0 atom stereocenters. The van der Waals surface area contributed by atoms with Gasteiger partial charge in [0.15, 0.2) is 9.84 Å². The van der Waals surface area contributed by atoms with Crippen molar-refractivity contribution in [1.82, 2.24) is 0 Å². The van der Waals surface area contributed by atoms with Gasteiger partial charge in [-0.25, -0.2) is 13.2 Å². The summed E-state index contributed by atoms with van der Waals surface area (Å²) in [4.78, 5) is 11.7. The summed E-state index contributed by atoms with van der Waals surface area (Å²) in [5.74, 6) is -0.105. The Morgan fingerprint density at radius 2 is 1.80 bits per heavy atom. The number of nitrogens with one attached hydrogen (secondary N) is 1. The third-order valence-corrected chi connectivity index (χ3v) is 4.01. The first-order valence-electron chi connectivity index (χ1n) is 6.17. The Balaban J connectivity index is 2.75. The number of rotatable bonds is 4. The van der Waals surface area contributed by atoms with Gasteiger partial charge in [0.1, 0.15) is 5.60 Å². The topological polar surface area (TPSA) is 98.5 Å². The molecule has 0 aliphatic carbocycles. The second-order valence-electron chi connectivity index (χ2n) is 5.26. The zero-order chi connectivity index (χ0) is 15.4. The molecule has 0 aliphatic rings. The molecule has 3 N–H and O–H groups in total. The number of hydrogen-bond donors (Lipinski definition) is 2. The largest absolute Gasteiger partial charge is 0.444 e. The molecule has 0 saturated heterocycles. The highest BCUT2D eigenvalue weighted by atomic mass is 32.2. The summed E-state index contributed by atoms with van der Waals surface area (Å²) < 4.78 is 28.6. The van der Waals surface area contributed by atoms with Gasteiger partial charge >= 0.3 is 6.09 Å². The summed E-state index contributed by atoms with van der Waals surface area (Å²) in [5, 5.41) is 2.53. The fourth-order valence-corrected chi connectivity index (χ4v) is 2.54. The van der Waals surface area contributed by atoms with E-state index in [4.69, 9.17) is 10.5 Å². The van der Waals surface area contributed by atoms with Crippen LogP contribution in [0.25, 0.3) is 0 Å². The van der Waals surface area contributed by atoms with Crippen LogP contribution in [0.15, 0.2) is 29.2 Å². The molecule has 0 radical (unpaired) electrons. The van der Waals surface area contributed by atoms with Gasteiger partial charge in [-0.1, -0.05) is 0 Å². The fraction of sp³-hybridized carbons (Fsp3) is 0.462. The molecule has 0 aliphatic heterocycles. The average molecular weight is 300 g/mol. The Morgan fingerprint density at radius 3 is 2.25 bits per heavy atom. The summed E-state index contributed by atoms with van der Waals surface area (Å²) in [7, 11) is -3.35. The monoisotopic (exact) mass is 300 g/mol. The van der Waals surface area contributed by atoms with E-state index in [0.717, 1.165) is 0 Å². The molecule has 0 bridgehead atoms. The fourth-order valence-electron chi connectivity index (χ4n) is 1.44. The molecule has 0 heterocycles. The molecule has 7 heteroatoms. The first kappa shape index (κ1) is 16.5. The van der Waals surface area contributed by atoms with Gasteiger partial charge in [-0.05, 0) is 45.0 Å². The lowest BCUT2D eigenvalue weighted by molar-refractivity contribution is 0.0636. The summed E-state index contributed by atoms with van der Waals surface area (Å²) in [6.45, 7) is 5.35. The number of nitrogens with two attached hydrogens (primary N) is 1. The smallest absolute Gasteiger partial charge is 0.412 e.